The Morgan fingerprint density at radius 1 is 0.958 bits per heavy atom. The van der Waals surface area contributed by atoms with Crippen LogP contribution in [0, 0.1) is 11.3 Å². The topological polar surface area (TPSA) is 134 Å². The third-order valence-electron chi connectivity index (χ3n) is 10.1. The summed E-state index contributed by atoms with van der Waals surface area (Å²) in [5.41, 5.74) is 10.1. The first-order valence-corrected chi connectivity index (χ1v) is 19.4. The van der Waals surface area contributed by atoms with Crippen molar-refractivity contribution in [3.8, 4) is 0 Å². The predicted octanol–water partition coefficient (Wildman–Crippen LogP) is 5.47. The number of nitrogens with one attached hydrogen (secondary N) is 2. The summed E-state index contributed by atoms with van der Waals surface area (Å²) in [6, 6.07) is 7.90. The predicted molar refractivity (Wildman–Crippen MR) is 186 cm³/mol. The van der Waals surface area contributed by atoms with Gasteiger partial charge in [0.25, 0.3) is 11.8 Å². The van der Waals surface area contributed by atoms with Crippen LogP contribution in [0.1, 0.15) is 68.3 Å². The third kappa shape index (κ3) is 8.02. The van der Waals surface area contributed by atoms with Crippen LogP contribution in [0.2, 0.25) is 0 Å². The van der Waals surface area contributed by atoms with E-state index in [-0.39, 0.29) is 44.4 Å². The summed E-state index contributed by atoms with van der Waals surface area (Å²) in [6.07, 6.45) is 4.89. The third-order valence-corrected chi connectivity index (χ3v) is 12.5. The molecule has 3 fully saturated rings. The minimum Gasteiger partial charge on any atom is -0.463 e. The van der Waals surface area contributed by atoms with Crippen LogP contribution in [-0.4, -0.2) is 76.6 Å². The lowest BCUT2D eigenvalue weighted by Crippen LogP contribution is -2.39. The number of aryl methyl sites for hydroxylation is 1. The lowest BCUT2D eigenvalue weighted by atomic mass is 9.93. The van der Waals surface area contributed by atoms with Gasteiger partial charge in [-0.05, 0) is 79.3 Å². The van der Waals surface area contributed by atoms with Gasteiger partial charge in [-0.3, -0.25) is 14.3 Å². The number of nitrogens with two attached hydrogens (primary N) is 1. The Morgan fingerprint density at radius 3 is 2.27 bits per heavy atom. The first-order valence-electron chi connectivity index (χ1n) is 16.8. The molecule has 2 aromatic carbocycles. The standard InChI is InChI=1S/C34H45F2N5O5S2/c1-22(2)29(37)32(43)46-16-18-48(44,45)39-24-3-4-26(27(20-24)40-12-8-33(6-7-33)9-13-40)31(42)38-25-19-23-5-17-47-30(23)28(21-25)41-14-10-34(35,36)11-15-41/h3-4,19-22,29,39H,5-18,37H2,1-2H3,(H,38,42)/t29-/m0/s1. The van der Waals surface area contributed by atoms with E-state index in [1.165, 1.54) is 12.8 Å². The van der Waals surface area contributed by atoms with Gasteiger partial charge in [0.15, 0.2) is 0 Å². The fourth-order valence-corrected chi connectivity index (χ4v) is 8.77. The summed E-state index contributed by atoms with van der Waals surface area (Å²) in [5, 5.41) is 3.07. The Morgan fingerprint density at radius 2 is 1.60 bits per heavy atom. The number of nitrogens with zero attached hydrogens (tertiary/aromatic N) is 2. The molecule has 0 radical (unpaired) electrons. The van der Waals surface area contributed by atoms with Gasteiger partial charge < -0.3 is 25.6 Å². The number of halogens is 2. The van der Waals surface area contributed by atoms with Crippen molar-refractivity contribution in [2.45, 2.75) is 75.7 Å². The second kappa shape index (κ2) is 13.7. The molecule has 1 aliphatic carbocycles. The van der Waals surface area contributed by atoms with E-state index in [0.29, 0.717) is 28.0 Å². The number of esters is 1. The number of anilines is 4. The number of carbonyl (C=O) groups excluding carboxylic acids is 2. The van der Waals surface area contributed by atoms with Crippen molar-refractivity contribution in [3.63, 3.8) is 0 Å². The van der Waals surface area contributed by atoms with Crippen molar-refractivity contribution in [2.75, 3.05) is 64.1 Å². The van der Waals surface area contributed by atoms with Crippen LogP contribution >= 0.6 is 11.8 Å². The number of ether oxygens (including phenoxy) is 1. The SMILES string of the molecule is CC(C)[C@H](N)C(=O)OCCS(=O)(=O)Nc1ccc(C(=O)Nc2cc3c(c(N4CCC(F)(F)CC4)c2)SCC3)c(N2CCC3(CC2)CC3)c1. The highest BCUT2D eigenvalue weighted by Gasteiger charge is 2.44. The van der Waals surface area contributed by atoms with Crippen molar-refractivity contribution in [2.24, 2.45) is 17.1 Å². The van der Waals surface area contributed by atoms with E-state index in [9.17, 15) is 26.8 Å². The smallest absolute Gasteiger partial charge is 0.323 e. The highest BCUT2D eigenvalue weighted by molar-refractivity contribution is 7.99. The van der Waals surface area contributed by atoms with Crippen LogP contribution in [0.25, 0.3) is 0 Å². The minimum atomic E-state index is -3.88. The number of hydrogen-bond acceptors (Lipinski definition) is 9. The van der Waals surface area contributed by atoms with E-state index >= 15 is 0 Å². The van der Waals surface area contributed by atoms with Crippen LogP contribution in [0.15, 0.2) is 35.2 Å². The zero-order chi connectivity index (χ0) is 34.3. The Labute approximate surface area is 285 Å². The summed E-state index contributed by atoms with van der Waals surface area (Å²) in [5.74, 6) is -3.32. The maximum absolute atomic E-state index is 13.9. The second-order valence-corrected chi connectivity index (χ2v) is 16.9. The van der Waals surface area contributed by atoms with E-state index in [2.05, 4.69) is 14.9 Å². The molecule has 10 nitrogen and oxygen atoms in total. The molecule has 0 aromatic heterocycles. The molecule has 4 N–H and O–H groups in total. The molecule has 3 heterocycles. The van der Waals surface area contributed by atoms with Crippen molar-refractivity contribution in [1.29, 1.82) is 0 Å². The highest BCUT2D eigenvalue weighted by atomic mass is 32.2. The average molecular weight is 706 g/mol. The van der Waals surface area contributed by atoms with E-state index in [1.807, 2.05) is 17.0 Å². The number of piperidine rings is 2. The van der Waals surface area contributed by atoms with Gasteiger partial charge in [-0.15, -0.1) is 11.8 Å². The van der Waals surface area contributed by atoms with E-state index in [1.54, 1.807) is 43.8 Å². The molecule has 4 aliphatic rings. The number of rotatable bonds is 11. The zero-order valence-electron chi connectivity index (χ0n) is 27.5. The molecule has 6 rings (SSSR count). The monoisotopic (exact) mass is 705 g/mol. The maximum atomic E-state index is 13.9. The number of carbonyl (C=O) groups is 2. The van der Waals surface area contributed by atoms with Gasteiger partial charge in [-0.25, -0.2) is 17.2 Å². The Bertz CT molecular complexity index is 1650. The number of hydrogen-bond donors (Lipinski definition) is 3. The Balaban J connectivity index is 1.20. The molecule has 262 valence electrons. The molecule has 1 amide bonds. The summed E-state index contributed by atoms with van der Waals surface area (Å²) in [7, 11) is -3.88. The van der Waals surface area contributed by atoms with Crippen LogP contribution in [0.3, 0.4) is 0 Å². The maximum Gasteiger partial charge on any atom is 0.323 e. The van der Waals surface area contributed by atoms with Crippen LogP contribution < -0.4 is 25.6 Å². The van der Waals surface area contributed by atoms with Gasteiger partial charge >= 0.3 is 5.97 Å². The quantitative estimate of drug-likeness (QED) is 0.260. The van der Waals surface area contributed by atoms with Crippen LogP contribution in [-0.2, 0) is 26.0 Å². The summed E-state index contributed by atoms with van der Waals surface area (Å²) < 4.78 is 61.4. The number of amides is 1. The van der Waals surface area contributed by atoms with Crippen LogP contribution in [0.5, 0.6) is 0 Å². The molecular weight excluding hydrogens is 661 g/mol. The summed E-state index contributed by atoms with van der Waals surface area (Å²) in [4.78, 5) is 31.2. The van der Waals surface area contributed by atoms with Gasteiger partial charge in [0.1, 0.15) is 18.4 Å². The lowest BCUT2D eigenvalue weighted by molar-refractivity contribution is -0.145. The normalized spacial score (nSPS) is 20.4. The van der Waals surface area contributed by atoms with Crippen molar-refractivity contribution >= 4 is 56.4 Å². The van der Waals surface area contributed by atoms with Gasteiger partial charge in [0.05, 0.1) is 22.6 Å². The van der Waals surface area contributed by atoms with Gasteiger partial charge in [-0.2, -0.15) is 0 Å². The lowest BCUT2D eigenvalue weighted by Gasteiger charge is -2.35. The molecule has 1 atom stereocenters. The molecule has 48 heavy (non-hydrogen) atoms. The molecule has 0 unspecified atom stereocenters. The zero-order valence-corrected chi connectivity index (χ0v) is 29.2. The molecule has 14 heteroatoms. The number of thioether (sulfide) groups is 1. The fraction of sp³-hybridized carbons (Fsp3) is 0.588. The molecule has 2 aromatic rings. The largest absolute Gasteiger partial charge is 0.463 e. The molecule has 1 spiro atoms. The average Bonchev–Trinajstić information content (AvgIpc) is 3.61. The van der Waals surface area contributed by atoms with Crippen molar-refractivity contribution in [1.82, 2.24) is 0 Å². The second-order valence-electron chi connectivity index (χ2n) is 14.0. The van der Waals surface area contributed by atoms with E-state index < -0.39 is 33.7 Å². The number of benzene rings is 2. The van der Waals surface area contributed by atoms with Crippen molar-refractivity contribution < 1.29 is 31.5 Å². The number of fused-ring (bicyclic) bond motifs is 1. The minimum absolute atomic E-state index is 0.139. The molecule has 3 aliphatic heterocycles. The highest BCUT2D eigenvalue weighted by Crippen LogP contribution is 2.54. The van der Waals surface area contributed by atoms with Crippen molar-refractivity contribution in [3.05, 3.63) is 41.5 Å². The Hall–Kier alpha value is -3.10. The van der Waals surface area contributed by atoms with Gasteiger partial charge in [-0.1, -0.05) is 13.8 Å². The Kier molecular flexibility index (Phi) is 9.89. The summed E-state index contributed by atoms with van der Waals surface area (Å²) >= 11 is 1.72. The number of sulfonamides is 1. The molecule has 1 saturated carbocycles. The van der Waals surface area contributed by atoms with E-state index in [0.717, 1.165) is 54.3 Å². The first-order chi connectivity index (χ1) is 22.7. The van der Waals surface area contributed by atoms with Gasteiger partial charge in [0, 0.05) is 55.4 Å². The van der Waals surface area contributed by atoms with Gasteiger partial charge in [0.2, 0.25) is 10.0 Å². The fourth-order valence-electron chi connectivity index (χ4n) is 6.67. The molecular formula is C34H45F2N5O5S2. The summed E-state index contributed by atoms with van der Waals surface area (Å²) in [6.45, 7) is 5.23. The molecule has 0 bridgehead atoms. The first kappa shape index (κ1) is 34.8. The molecule has 2 saturated heterocycles. The number of alkyl halides is 2. The van der Waals surface area contributed by atoms with E-state index in [4.69, 9.17) is 10.5 Å². The van der Waals surface area contributed by atoms with Crippen LogP contribution in [0.4, 0.5) is 31.5 Å².